The van der Waals surface area contributed by atoms with Gasteiger partial charge in [0.15, 0.2) is 0 Å². The van der Waals surface area contributed by atoms with E-state index in [1.54, 1.807) is 0 Å². The fourth-order valence-electron chi connectivity index (χ4n) is 2.23. The second-order valence-electron chi connectivity index (χ2n) is 4.80. The van der Waals surface area contributed by atoms with E-state index >= 15 is 0 Å². The molecule has 110 valence electrons. The van der Waals surface area contributed by atoms with E-state index in [1.807, 2.05) is 18.2 Å². The van der Waals surface area contributed by atoms with Crippen LogP contribution < -0.4 is 5.32 Å². The highest BCUT2D eigenvalue weighted by Crippen LogP contribution is 2.24. The number of benzene rings is 1. The van der Waals surface area contributed by atoms with Gasteiger partial charge < -0.3 is 10.1 Å². The van der Waals surface area contributed by atoms with Gasteiger partial charge in [-0.25, -0.2) is 0 Å². The number of fused-ring (bicyclic) bond motifs is 1. The molecule has 0 saturated heterocycles. The van der Waals surface area contributed by atoms with Crippen LogP contribution >= 0.6 is 0 Å². The Morgan fingerprint density at radius 1 is 1.25 bits per heavy atom. The highest BCUT2D eigenvalue weighted by molar-refractivity contribution is 5.90. The van der Waals surface area contributed by atoms with Crippen molar-refractivity contribution in [2.45, 2.75) is 31.9 Å². The van der Waals surface area contributed by atoms with Crippen molar-refractivity contribution in [1.29, 1.82) is 0 Å². The fourth-order valence-corrected chi connectivity index (χ4v) is 2.23. The lowest BCUT2D eigenvalue weighted by atomic mass is 10.1. The molecule has 0 spiro atoms. The van der Waals surface area contributed by atoms with Crippen LogP contribution in [0.15, 0.2) is 18.2 Å². The molecule has 1 amide bonds. The highest BCUT2D eigenvalue weighted by atomic mass is 19.4. The number of anilines is 1. The van der Waals surface area contributed by atoms with Crippen LogP contribution in [0.2, 0.25) is 0 Å². The molecular weight excluding hydrogens is 271 g/mol. The standard InChI is InChI=1S/C14H16F3NO2/c15-14(16,17)9-20-7-6-13(19)18-12-5-4-10-2-1-3-11(10)8-12/h4-5,8H,1-3,6-7,9H2,(H,18,19). The summed E-state index contributed by atoms with van der Waals surface area (Å²) >= 11 is 0. The maximum absolute atomic E-state index is 11.8. The van der Waals surface area contributed by atoms with E-state index in [0.717, 1.165) is 19.3 Å². The Labute approximate surface area is 115 Å². The van der Waals surface area contributed by atoms with Gasteiger partial charge in [0.2, 0.25) is 5.91 Å². The molecule has 0 heterocycles. The van der Waals surface area contributed by atoms with Gasteiger partial charge in [0.1, 0.15) is 6.61 Å². The van der Waals surface area contributed by atoms with Crippen molar-refractivity contribution in [3.63, 3.8) is 0 Å². The van der Waals surface area contributed by atoms with E-state index in [9.17, 15) is 18.0 Å². The van der Waals surface area contributed by atoms with E-state index < -0.39 is 12.8 Å². The van der Waals surface area contributed by atoms with E-state index in [0.29, 0.717) is 5.69 Å². The molecule has 1 aromatic rings. The van der Waals surface area contributed by atoms with E-state index in [-0.39, 0.29) is 18.9 Å². The predicted octanol–water partition coefficient (Wildman–Crippen LogP) is 3.08. The van der Waals surface area contributed by atoms with Crippen LogP contribution in [0.5, 0.6) is 0 Å². The number of amides is 1. The molecule has 1 aromatic carbocycles. The Hall–Kier alpha value is -1.56. The third-order valence-electron chi connectivity index (χ3n) is 3.12. The number of ether oxygens (including phenoxy) is 1. The van der Waals surface area contributed by atoms with Gasteiger partial charge in [-0.15, -0.1) is 0 Å². The Morgan fingerprint density at radius 3 is 2.75 bits per heavy atom. The van der Waals surface area contributed by atoms with Crippen LogP contribution in [0.3, 0.4) is 0 Å². The summed E-state index contributed by atoms with van der Waals surface area (Å²) in [6.45, 7) is -1.56. The average Bonchev–Trinajstić information content (AvgIpc) is 2.81. The summed E-state index contributed by atoms with van der Waals surface area (Å²) in [5.41, 5.74) is 3.22. The summed E-state index contributed by atoms with van der Waals surface area (Å²) in [6.07, 6.45) is -1.25. The lowest BCUT2D eigenvalue weighted by molar-refractivity contribution is -0.174. The summed E-state index contributed by atoms with van der Waals surface area (Å²) < 4.78 is 39.9. The zero-order valence-corrected chi connectivity index (χ0v) is 10.9. The first-order valence-corrected chi connectivity index (χ1v) is 6.50. The number of aryl methyl sites for hydroxylation is 2. The van der Waals surface area contributed by atoms with Crippen LogP contribution in [-0.2, 0) is 22.4 Å². The van der Waals surface area contributed by atoms with Gasteiger partial charge in [-0.2, -0.15) is 13.2 Å². The quantitative estimate of drug-likeness (QED) is 0.845. The van der Waals surface area contributed by atoms with Crippen LogP contribution in [0, 0.1) is 0 Å². The van der Waals surface area contributed by atoms with Crippen molar-refractivity contribution in [2.24, 2.45) is 0 Å². The van der Waals surface area contributed by atoms with Crippen molar-refractivity contribution in [3.8, 4) is 0 Å². The van der Waals surface area contributed by atoms with Gasteiger partial charge in [0.05, 0.1) is 13.0 Å². The van der Waals surface area contributed by atoms with Gasteiger partial charge in [0, 0.05) is 5.69 Å². The van der Waals surface area contributed by atoms with Crippen LogP contribution in [0.25, 0.3) is 0 Å². The molecule has 0 fully saturated rings. The van der Waals surface area contributed by atoms with Crippen molar-refractivity contribution in [3.05, 3.63) is 29.3 Å². The van der Waals surface area contributed by atoms with Gasteiger partial charge in [0.25, 0.3) is 0 Å². The van der Waals surface area contributed by atoms with E-state index in [2.05, 4.69) is 10.1 Å². The lowest BCUT2D eigenvalue weighted by Gasteiger charge is -2.09. The maximum atomic E-state index is 11.8. The number of carbonyl (C=O) groups excluding carboxylic acids is 1. The van der Waals surface area contributed by atoms with Crippen molar-refractivity contribution < 1.29 is 22.7 Å². The molecule has 0 bridgehead atoms. The first kappa shape index (κ1) is 14.8. The zero-order valence-electron chi connectivity index (χ0n) is 10.9. The number of nitrogens with one attached hydrogen (secondary N) is 1. The monoisotopic (exact) mass is 287 g/mol. The number of hydrogen-bond donors (Lipinski definition) is 1. The molecule has 0 aromatic heterocycles. The van der Waals surface area contributed by atoms with Crippen LogP contribution in [0.4, 0.5) is 18.9 Å². The number of alkyl halides is 3. The van der Waals surface area contributed by atoms with Gasteiger partial charge in [-0.3, -0.25) is 4.79 Å². The first-order chi connectivity index (χ1) is 9.44. The first-order valence-electron chi connectivity index (χ1n) is 6.50. The molecule has 1 aliphatic carbocycles. The smallest absolute Gasteiger partial charge is 0.372 e. The third kappa shape index (κ3) is 4.52. The number of rotatable bonds is 5. The second-order valence-corrected chi connectivity index (χ2v) is 4.80. The Bertz CT molecular complexity index is 486. The molecule has 3 nitrogen and oxygen atoms in total. The molecule has 0 unspecified atom stereocenters. The summed E-state index contributed by atoms with van der Waals surface area (Å²) in [6, 6.07) is 5.73. The van der Waals surface area contributed by atoms with Crippen LogP contribution in [-0.4, -0.2) is 25.3 Å². The summed E-state index contributed by atoms with van der Waals surface area (Å²) in [5.74, 6) is -0.342. The number of carbonyl (C=O) groups is 1. The molecule has 0 atom stereocenters. The maximum Gasteiger partial charge on any atom is 0.411 e. The molecule has 20 heavy (non-hydrogen) atoms. The predicted molar refractivity (Wildman–Crippen MR) is 68.6 cm³/mol. The molecular formula is C14H16F3NO2. The van der Waals surface area contributed by atoms with Gasteiger partial charge in [-0.05, 0) is 42.5 Å². The van der Waals surface area contributed by atoms with Crippen molar-refractivity contribution in [1.82, 2.24) is 0 Å². The third-order valence-corrected chi connectivity index (χ3v) is 3.12. The fraction of sp³-hybridized carbons (Fsp3) is 0.500. The highest BCUT2D eigenvalue weighted by Gasteiger charge is 2.27. The summed E-state index contributed by atoms with van der Waals surface area (Å²) in [5, 5.41) is 2.67. The molecule has 0 aliphatic heterocycles. The molecule has 6 heteroatoms. The SMILES string of the molecule is O=C(CCOCC(F)(F)F)Nc1ccc2c(c1)CCC2. The average molecular weight is 287 g/mol. The summed E-state index contributed by atoms with van der Waals surface area (Å²) in [7, 11) is 0. The lowest BCUT2D eigenvalue weighted by Crippen LogP contribution is -2.20. The normalized spacial score (nSPS) is 14.2. The van der Waals surface area contributed by atoms with E-state index in [1.165, 1.54) is 11.1 Å². The topological polar surface area (TPSA) is 38.3 Å². The van der Waals surface area contributed by atoms with Crippen molar-refractivity contribution >= 4 is 11.6 Å². The molecule has 2 rings (SSSR count). The van der Waals surface area contributed by atoms with Crippen molar-refractivity contribution in [2.75, 3.05) is 18.5 Å². The molecule has 0 radical (unpaired) electrons. The Balaban J connectivity index is 1.74. The van der Waals surface area contributed by atoms with Crippen LogP contribution in [0.1, 0.15) is 24.0 Å². The minimum absolute atomic E-state index is 0.0901. The van der Waals surface area contributed by atoms with Gasteiger partial charge in [-0.1, -0.05) is 6.07 Å². The van der Waals surface area contributed by atoms with Gasteiger partial charge >= 0.3 is 6.18 Å². The minimum Gasteiger partial charge on any atom is -0.372 e. The largest absolute Gasteiger partial charge is 0.411 e. The molecule has 1 N–H and O–H groups in total. The second kappa shape index (κ2) is 6.26. The Morgan fingerprint density at radius 2 is 2.00 bits per heavy atom. The molecule has 1 aliphatic rings. The van der Waals surface area contributed by atoms with E-state index in [4.69, 9.17) is 0 Å². The Kier molecular flexibility index (Phi) is 4.65. The summed E-state index contributed by atoms with van der Waals surface area (Å²) in [4.78, 5) is 11.6. The number of halogens is 3. The minimum atomic E-state index is -4.35. The molecule has 0 saturated carbocycles. The number of hydrogen-bond acceptors (Lipinski definition) is 2. The zero-order chi connectivity index (χ0) is 14.6.